The molecule has 0 spiro atoms. The summed E-state index contributed by atoms with van der Waals surface area (Å²) in [6, 6.07) is 0.236. The molecule has 15 heavy (non-hydrogen) atoms. The highest BCUT2D eigenvalue weighted by atomic mass is 16.3. The molecule has 0 radical (unpaired) electrons. The summed E-state index contributed by atoms with van der Waals surface area (Å²) in [6.07, 6.45) is 6.22. The second-order valence-corrected chi connectivity index (χ2v) is 3.89. The smallest absolute Gasteiger partial charge is 0.317 e. The molecule has 0 aliphatic heterocycles. The van der Waals surface area contributed by atoms with E-state index in [9.17, 15) is 4.79 Å². The van der Waals surface area contributed by atoms with Crippen molar-refractivity contribution >= 4 is 6.03 Å². The maximum absolute atomic E-state index is 11.7. The number of nitrogens with zero attached hydrogens (tertiary/aromatic N) is 1. The van der Waals surface area contributed by atoms with Gasteiger partial charge in [0.1, 0.15) is 0 Å². The minimum Gasteiger partial charge on any atom is -0.395 e. The van der Waals surface area contributed by atoms with Crippen molar-refractivity contribution in [2.45, 2.75) is 31.7 Å². The van der Waals surface area contributed by atoms with Crippen LogP contribution in [-0.4, -0.2) is 41.8 Å². The molecule has 4 nitrogen and oxygen atoms in total. The van der Waals surface area contributed by atoms with E-state index in [1.807, 2.05) is 0 Å². The molecule has 1 rings (SSSR count). The number of urea groups is 1. The standard InChI is InChI=1S/C11H20N2O2/c1-2-7-13(8-9-14)11(15)12-10-5-3-4-6-10/h2,10,14H,1,3-9H2,(H,12,15). The van der Waals surface area contributed by atoms with Crippen molar-refractivity contribution in [3.05, 3.63) is 12.7 Å². The lowest BCUT2D eigenvalue weighted by atomic mass is 10.2. The Bertz CT molecular complexity index is 213. The Morgan fingerprint density at radius 1 is 1.53 bits per heavy atom. The molecule has 0 saturated heterocycles. The number of hydrogen-bond acceptors (Lipinski definition) is 2. The van der Waals surface area contributed by atoms with E-state index in [0.717, 1.165) is 12.8 Å². The van der Waals surface area contributed by atoms with Crippen molar-refractivity contribution in [3.63, 3.8) is 0 Å². The average Bonchev–Trinajstić information content (AvgIpc) is 2.70. The van der Waals surface area contributed by atoms with E-state index >= 15 is 0 Å². The van der Waals surface area contributed by atoms with Gasteiger partial charge in [-0.1, -0.05) is 18.9 Å². The second kappa shape index (κ2) is 6.45. The first kappa shape index (κ1) is 12.0. The first-order valence-electron chi connectivity index (χ1n) is 5.55. The van der Waals surface area contributed by atoms with Crippen molar-refractivity contribution in [1.82, 2.24) is 10.2 Å². The van der Waals surface area contributed by atoms with Crippen LogP contribution in [-0.2, 0) is 0 Å². The van der Waals surface area contributed by atoms with Gasteiger partial charge in [0, 0.05) is 19.1 Å². The van der Waals surface area contributed by atoms with Crippen molar-refractivity contribution in [1.29, 1.82) is 0 Å². The van der Waals surface area contributed by atoms with Crippen LogP contribution < -0.4 is 5.32 Å². The average molecular weight is 212 g/mol. The van der Waals surface area contributed by atoms with E-state index in [2.05, 4.69) is 11.9 Å². The van der Waals surface area contributed by atoms with Crippen LogP contribution in [0.4, 0.5) is 4.79 Å². The molecule has 1 aliphatic carbocycles. The van der Waals surface area contributed by atoms with Crippen molar-refractivity contribution in [2.75, 3.05) is 19.7 Å². The van der Waals surface area contributed by atoms with Crippen LogP contribution in [0.2, 0.25) is 0 Å². The van der Waals surface area contributed by atoms with Gasteiger partial charge in [0.15, 0.2) is 0 Å². The van der Waals surface area contributed by atoms with Crippen LogP contribution in [0.15, 0.2) is 12.7 Å². The zero-order valence-electron chi connectivity index (χ0n) is 9.11. The van der Waals surface area contributed by atoms with Crippen LogP contribution in [0.3, 0.4) is 0 Å². The van der Waals surface area contributed by atoms with E-state index in [1.165, 1.54) is 12.8 Å². The molecule has 0 aromatic heterocycles. The fourth-order valence-corrected chi connectivity index (χ4v) is 1.89. The molecule has 1 fully saturated rings. The second-order valence-electron chi connectivity index (χ2n) is 3.89. The number of amides is 2. The number of hydrogen-bond donors (Lipinski definition) is 2. The Balaban J connectivity index is 2.36. The predicted molar refractivity (Wildman–Crippen MR) is 59.6 cm³/mol. The van der Waals surface area contributed by atoms with E-state index in [0.29, 0.717) is 19.1 Å². The van der Waals surface area contributed by atoms with Gasteiger partial charge in [0.05, 0.1) is 6.61 Å². The normalized spacial score (nSPS) is 16.3. The summed E-state index contributed by atoms with van der Waals surface area (Å²) in [5, 5.41) is 11.8. The lowest BCUT2D eigenvalue weighted by Crippen LogP contribution is -2.45. The summed E-state index contributed by atoms with van der Waals surface area (Å²) in [7, 11) is 0. The minimum absolute atomic E-state index is 0.00801. The minimum atomic E-state index is -0.0872. The third-order valence-electron chi connectivity index (χ3n) is 2.69. The summed E-state index contributed by atoms with van der Waals surface area (Å²) < 4.78 is 0. The molecule has 0 bridgehead atoms. The number of nitrogens with one attached hydrogen (secondary N) is 1. The number of carbonyl (C=O) groups excluding carboxylic acids is 1. The molecule has 1 saturated carbocycles. The summed E-state index contributed by atoms with van der Waals surface area (Å²) in [5.41, 5.74) is 0. The lowest BCUT2D eigenvalue weighted by Gasteiger charge is -2.23. The molecule has 0 unspecified atom stereocenters. The largest absolute Gasteiger partial charge is 0.395 e. The number of aliphatic hydroxyl groups excluding tert-OH is 1. The third kappa shape index (κ3) is 3.91. The van der Waals surface area contributed by atoms with E-state index in [4.69, 9.17) is 5.11 Å². The molecule has 86 valence electrons. The van der Waals surface area contributed by atoms with Crippen molar-refractivity contribution in [3.8, 4) is 0 Å². The van der Waals surface area contributed by atoms with E-state index in [-0.39, 0.29) is 12.6 Å². The molecule has 1 aliphatic rings. The van der Waals surface area contributed by atoms with Crippen LogP contribution >= 0.6 is 0 Å². The van der Waals surface area contributed by atoms with Gasteiger partial charge >= 0.3 is 6.03 Å². The Morgan fingerprint density at radius 2 is 2.20 bits per heavy atom. The van der Waals surface area contributed by atoms with Crippen LogP contribution in [0.25, 0.3) is 0 Å². The fourth-order valence-electron chi connectivity index (χ4n) is 1.89. The molecule has 2 amide bonds. The van der Waals surface area contributed by atoms with Crippen molar-refractivity contribution in [2.24, 2.45) is 0 Å². The fraction of sp³-hybridized carbons (Fsp3) is 0.727. The van der Waals surface area contributed by atoms with Gasteiger partial charge < -0.3 is 15.3 Å². The summed E-state index contributed by atoms with van der Waals surface area (Å²) in [4.78, 5) is 13.3. The summed E-state index contributed by atoms with van der Waals surface area (Å²) in [6.45, 7) is 4.44. The topological polar surface area (TPSA) is 52.6 Å². The Hall–Kier alpha value is -1.03. The highest BCUT2D eigenvalue weighted by molar-refractivity contribution is 5.74. The molecule has 0 aromatic rings. The van der Waals surface area contributed by atoms with Crippen LogP contribution in [0, 0.1) is 0 Å². The zero-order chi connectivity index (χ0) is 11.1. The van der Waals surface area contributed by atoms with Gasteiger partial charge in [-0.2, -0.15) is 0 Å². The zero-order valence-corrected chi connectivity index (χ0v) is 9.11. The van der Waals surface area contributed by atoms with Gasteiger partial charge in [-0.15, -0.1) is 6.58 Å². The van der Waals surface area contributed by atoms with E-state index in [1.54, 1.807) is 11.0 Å². The Morgan fingerprint density at radius 3 is 2.73 bits per heavy atom. The van der Waals surface area contributed by atoms with Crippen LogP contribution in [0.5, 0.6) is 0 Å². The maximum Gasteiger partial charge on any atom is 0.317 e. The predicted octanol–water partition coefficient (Wildman–Crippen LogP) is 1.12. The number of aliphatic hydroxyl groups is 1. The number of rotatable bonds is 5. The maximum atomic E-state index is 11.7. The quantitative estimate of drug-likeness (QED) is 0.671. The lowest BCUT2D eigenvalue weighted by molar-refractivity contribution is 0.180. The highest BCUT2D eigenvalue weighted by Crippen LogP contribution is 2.17. The molecule has 4 heteroatoms. The van der Waals surface area contributed by atoms with Gasteiger partial charge in [0.25, 0.3) is 0 Å². The van der Waals surface area contributed by atoms with Gasteiger partial charge in [-0.25, -0.2) is 4.79 Å². The Kier molecular flexibility index (Phi) is 5.18. The molecule has 0 heterocycles. The molecular weight excluding hydrogens is 192 g/mol. The molecule has 0 aromatic carbocycles. The molecule has 2 N–H and O–H groups in total. The monoisotopic (exact) mass is 212 g/mol. The third-order valence-corrected chi connectivity index (χ3v) is 2.69. The van der Waals surface area contributed by atoms with Crippen molar-refractivity contribution < 1.29 is 9.90 Å². The van der Waals surface area contributed by atoms with Crippen LogP contribution in [0.1, 0.15) is 25.7 Å². The molecule has 0 atom stereocenters. The Labute approximate surface area is 91.0 Å². The molecular formula is C11H20N2O2. The van der Waals surface area contributed by atoms with Gasteiger partial charge in [-0.3, -0.25) is 0 Å². The van der Waals surface area contributed by atoms with Gasteiger partial charge in [0.2, 0.25) is 0 Å². The first-order chi connectivity index (χ1) is 7.27. The van der Waals surface area contributed by atoms with E-state index < -0.39 is 0 Å². The first-order valence-corrected chi connectivity index (χ1v) is 5.55. The summed E-state index contributed by atoms with van der Waals surface area (Å²) >= 11 is 0. The summed E-state index contributed by atoms with van der Waals surface area (Å²) in [5.74, 6) is 0. The highest BCUT2D eigenvalue weighted by Gasteiger charge is 2.19. The number of carbonyl (C=O) groups is 1. The van der Waals surface area contributed by atoms with Gasteiger partial charge in [-0.05, 0) is 12.8 Å². The SMILES string of the molecule is C=CCN(CCO)C(=O)NC1CCCC1.